The Hall–Kier alpha value is -2.42. The van der Waals surface area contributed by atoms with Gasteiger partial charge in [0.25, 0.3) is 5.91 Å². The van der Waals surface area contributed by atoms with Crippen molar-refractivity contribution in [2.75, 3.05) is 0 Å². The number of amides is 1. The molecule has 0 saturated heterocycles. The zero-order valence-corrected chi connectivity index (χ0v) is 13.5. The molecule has 1 fully saturated rings. The predicted molar refractivity (Wildman–Crippen MR) is 94.4 cm³/mol. The molecule has 3 nitrogen and oxygen atoms in total. The minimum absolute atomic E-state index is 0.143. The van der Waals surface area contributed by atoms with Crippen LogP contribution in [-0.2, 0) is 0 Å². The van der Waals surface area contributed by atoms with Crippen LogP contribution in [0.3, 0.4) is 0 Å². The van der Waals surface area contributed by atoms with Gasteiger partial charge in [-0.15, -0.1) is 0 Å². The van der Waals surface area contributed by atoms with E-state index in [1.807, 2.05) is 42.5 Å². The van der Waals surface area contributed by atoms with Gasteiger partial charge in [0.05, 0.1) is 0 Å². The average molecular weight is 306 g/mol. The third-order valence-corrected chi connectivity index (χ3v) is 4.42. The quantitative estimate of drug-likeness (QED) is 0.824. The molecule has 1 amide bonds. The summed E-state index contributed by atoms with van der Waals surface area (Å²) in [6, 6.07) is 17.8. The minimum Gasteiger partial charge on any atom is -0.267 e. The summed E-state index contributed by atoms with van der Waals surface area (Å²) in [6.07, 6.45) is 4.32. The summed E-state index contributed by atoms with van der Waals surface area (Å²) < 4.78 is 0. The van der Waals surface area contributed by atoms with Crippen molar-refractivity contribution in [3.05, 3.63) is 60.2 Å². The summed E-state index contributed by atoms with van der Waals surface area (Å²) in [6.45, 7) is 2.27. The number of hydrogen-bond acceptors (Lipinski definition) is 2. The van der Waals surface area contributed by atoms with Gasteiger partial charge in [0, 0.05) is 11.3 Å². The molecule has 1 N–H and O–H groups in total. The molecule has 3 rings (SSSR count). The third kappa shape index (κ3) is 4.07. The van der Waals surface area contributed by atoms with Crippen molar-refractivity contribution >= 4 is 11.6 Å². The fourth-order valence-corrected chi connectivity index (χ4v) is 2.85. The van der Waals surface area contributed by atoms with Crippen LogP contribution in [0.1, 0.15) is 43.0 Å². The molecule has 0 heterocycles. The van der Waals surface area contributed by atoms with Crippen molar-refractivity contribution in [1.29, 1.82) is 0 Å². The lowest BCUT2D eigenvalue weighted by atomic mass is 9.90. The van der Waals surface area contributed by atoms with E-state index < -0.39 is 0 Å². The van der Waals surface area contributed by atoms with E-state index in [2.05, 4.69) is 29.6 Å². The Labute approximate surface area is 137 Å². The lowest BCUT2D eigenvalue weighted by Crippen LogP contribution is -2.21. The van der Waals surface area contributed by atoms with Gasteiger partial charge in [0.1, 0.15) is 0 Å². The van der Waals surface area contributed by atoms with Crippen LogP contribution >= 0.6 is 0 Å². The van der Waals surface area contributed by atoms with Gasteiger partial charge in [0.15, 0.2) is 0 Å². The molecule has 0 radical (unpaired) electrons. The van der Waals surface area contributed by atoms with Crippen LogP contribution in [-0.4, -0.2) is 11.6 Å². The first-order valence-corrected chi connectivity index (χ1v) is 8.23. The number of nitrogens with zero attached hydrogens (tertiary/aromatic N) is 1. The number of carbonyl (C=O) groups is 1. The summed E-state index contributed by atoms with van der Waals surface area (Å²) in [5.74, 6) is 0.630. The number of rotatable bonds is 3. The van der Waals surface area contributed by atoms with Crippen LogP contribution in [0.4, 0.5) is 0 Å². The number of carbonyl (C=O) groups excluding carboxylic acids is 1. The summed E-state index contributed by atoms with van der Waals surface area (Å²) in [5.41, 5.74) is 6.69. The summed E-state index contributed by atoms with van der Waals surface area (Å²) in [4.78, 5) is 12.2. The van der Waals surface area contributed by atoms with Crippen molar-refractivity contribution in [3.8, 4) is 11.1 Å². The molecule has 0 aliphatic heterocycles. The highest BCUT2D eigenvalue weighted by molar-refractivity contribution is 5.96. The van der Waals surface area contributed by atoms with Crippen LogP contribution in [0.5, 0.6) is 0 Å². The Morgan fingerprint density at radius 3 is 2.22 bits per heavy atom. The Bertz CT molecular complexity index is 679. The molecule has 2 aromatic rings. The second-order valence-electron chi connectivity index (χ2n) is 6.24. The first-order valence-electron chi connectivity index (χ1n) is 8.23. The molecular formula is C20H22N2O. The monoisotopic (exact) mass is 306 g/mol. The van der Waals surface area contributed by atoms with Crippen LogP contribution in [0.2, 0.25) is 0 Å². The highest BCUT2D eigenvalue weighted by atomic mass is 16.2. The van der Waals surface area contributed by atoms with Gasteiger partial charge in [-0.05, 0) is 54.9 Å². The first-order chi connectivity index (χ1) is 11.2. The average Bonchev–Trinajstić information content (AvgIpc) is 2.62. The van der Waals surface area contributed by atoms with E-state index in [4.69, 9.17) is 0 Å². The Morgan fingerprint density at radius 2 is 1.57 bits per heavy atom. The highest BCUT2D eigenvalue weighted by Crippen LogP contribution is 2.21. The number of hydrogen-bond donors (Lipinski definition) is 1. The number of benzene rings is 2. The van der Waals surface area contributed by atoms with E-state index in [1.54, 1.807) is 0 Å². The normalized spacial score (nSPS) is 17.6. The van der Waals surface area contributed by atoms with Crippen LogP contribution < -0.4 is 5.43 Å². The maximum atomic E-state index is 12.2. The molecule has 23 heavy (non-hydrogen) atoms. The summed E-state index contributed by atoms with van der Waals surface area (Å²) in [7, 11) is 0. The van der Waals surface area contributed by atoms with Crippen molar-refractivity contribution in [1.82, 2.24) is 5.43 Å². The van der Waals surface area contributed by atoms with Gasteiger partial charge in [-0.2, -0.15) is 5.10 Å². The maximum absolute atomic E-state index is 12.2. The van der Waals surface area contributed by atoms with Gasteiger partial charge in [0.2, 0.25) is 0 Å². The molecule has 0 aromatic heterocycles. The van der Waals surface area contributed by atoms with Crippen LogP contribution in [0.15, 0.2) is 59.7 Å². The van der Waals surface area contributed by atoms with E-state index in [-0.39, 0.29) is 5.91 Å². The van der Waals surface area contributed by atoms with E-state index in [0.717, 1.165) is 35.6 Å². The number of nitrogens with one attached hydrogen (secondary N) is 1. The zero-order valence-electron chi connectivity index (χ0n) is 13.5. The molecule has 0 atom stereocenters. The SMILES string of the molecule is CC1CCC(=NNC(=O)c2ccc(-c3ccccc3)cc2)CC1. The molecule has 2 aromatic carbocycles. The molecule has 1 aliphatic carbocycles. The largest absolute Gasteiger partial charge is 0.271 e. The number of hydrazone groups is 1. The first kappa shape index (κ1) is 15.5. The molecule has 0 bridgehead atoms. The Morgan fingerprint density at radius 1 is 0.957 bits per heavy atom. The molecular weight excluding hydrogens is 284 g/mol. The molecule has 3 heteroatoms. The summed E-state index contributed by atoms with van der Waals surface area (Å²) in [5, 5.41) is 4.29. The van der Waals surface area contributed by atoms with Gasteiger partial charge in [-0.3, -0.25) is 4.79 Å². The third-order valence-electron chi connectivity index (χ3n) is 4.42. The van der Waals surface area contributed by atoms with Crippen molar-refractivity contribution in [3.63, 3.8) is 0 Å². The second kappa shape index (κ2) is 7.23. The summed E-state index contributed by atoms with van der Waals surface area (Å²) >= 11 is 0. The van der Waals surface area contributed by atoms with Gasteiger partial charge < -0.3 is 0 Å². The van der Waals surface area contributed by atoms with E-state index in [0.29, 0.717) is 5.56 Å². The smallest absolute Gasteiger partial charge is 0.267 e. The van der Waals surface area contributed by atoms with Crippen molar-refractivity contribution < 1.29 is 4.79 Å². The van der Waals surface area contributed by atoms with E-state index in [9.17, 15) is 4.79 Å². The topological polar surface area (TPSA) is 41.5 Å². The molecule has 1 aliphatic rings. The maximum Gasteiger partial charge on any atom is 0.271 e. The lowest BCUT2D eigenvalue weighted by molar-refractivity contribution is 0.0954. The predicted octanol–water partition coefficient (Wildman–Crippen LogP) is 4.65. The molecule has 0 unspecified atom stereocenters. The van der Waals surface area contributed by atoms with Gasteiger partial charge >= 0.3 is 0 Å². The fraction of sp³-hybridized carbons (Fsp3) is 0.300. The second-order valence-corrected chi connectivity index (χ2v) is 6.24. The van der Waals surface area contributed by atoms with Crippen LogP contribution in [0, 0.1) is 5.92 Å². The standard InChI is InChI=1S/C20H22N2O/c1-15-7-13-19(14-8-15)21-22-20(23)18-11-9-17(10-12-18)16-5-3-2-4-6-16/h2-6,9-12,15H,7-8,13-14H2,1H3,(H,22,23). The molecule has 1 saturated carbocycles. The Kier molecular flexibility index (Phi) is 4.86. The highest BCUT2D eigenvalue weighted by Gasteiger charge is 2.14. The van der Waals surface area contributed by atoms with E-state index in [1.165, 1.54) is 12.8 Å². The fourth-order valence-electron chi connectivity index (χ4n) is 2.85. The lowest BCUT2D eigenvalue weighted by Gasteiger charge is -2.18. The minimum atomic E-state index is -0.143. The van der Waals surface area contributed by atoms with E-state index >= 15 is 0 Å². The molecule has 118 valence electrons. The zero-order chi connectivity index (χ0) is 16.1. The van der Waals surface area contributed by atoms with Crippen LogP contribution in [0.25, 0.3) is 11.1 Å². The van der Waals surface area contributed by atoms with Gasteiger partial charge in [-0.1, -0.05) is 49.4 Å². The van der Waals surface area contributed by atoms with Crippen molar-refractivity contribution in [2.45, 2.75) is 32.6 Å². The Balaban J connectivity index is 1.63. The molecule has 0 spiro atoms. The van der Waals surface area contributed by atoms with Gasteiger partial charge in [-0.25, -0.2) is 5.43 Å². The van der Waals surface area contributed by atoms with Crippen molar-refractivity contribution in [2.24, 2.45) is 11.0 Å².